The van der Waals surface area contributed by atoms with Crippen molar-refractivity contribution in [1.82, 2.24) is 23.9 Å². The molecule has 6 aromatic carbocycles. The minimum Gasteiger partial charge on any atom is -0.507 e. The van der Waals surface area contributed by atoms with Gasteiger partial charge in [0.1, 0.15) is 23.4 Å². The van der Waals surface area contributed by atoms with Crippen LogP contribution in [-0.2, 0) is 10.8 Å². The van der Waals surface area contributed by atoms with Gasteiger partial charge < -0.3 is 9.52 Å². The molecule has 0 unspecified atom stereocenters. The second kappa shape index (κ2) is 15.1. The van der Waals surface area contributed by atoms with Gasteiger partial charge >= 0.3 is 0 Å². The van der Waals surface area contributed by atoms with Gasteiger partial charge in [0, 0.05) is 34.0 Å². The minimum atomic E-state index is -1.73. The molecular formula is C56H53N5O2Si. The Bertz CT molecular complexity index is 3390. The molecule has 64 heavy (non-hydrogen) atoms. The molecule has 0 bridgehead atoms. The number of imidazole rings is 2. The summed E-state index contributed by atoms with van der Waals surface area (Å²) in [5.41, 5.74) is 15.1. The molecule has 0 radical (unpaired) electrons. The SMILES string of the molecule is CC(C)(C)c1cc(-c2nc3c(-c4cc(-c5cc(-c6ccccc6)ccn5)cc5oc6cncn6c45)cccc3n2-c2ccc([Si](C)(C)C)cc2-c2ccccc2)c(O)c(C(C)(C)C)c1. The van der Waals surface area contributed by atoms with E-state index in [4.69, 9.17) is 14.4 Å². The van der Waals surface area contributed by atoms with Crippen molar-refractivity contribution < 1.29 is 9.52 Å². The van der Waals surface area contributed by atoms with E-state index in [1.165, 1.54) is 5.19 Å². The molecule has 0 atom stereocenters. The molecular weight excluding hydrogens is 803 g/mol. The number of rotatable bonds is 7. The number of hydrogen-bond acceptors (Lipinski definition) is 5. The average molecular weight is 856 g/mol. The second-order valence-corrected chi connectivity index (χ2v) is 25.2. The monoisotopic (exact) mass is 855 g/mol. The number of hydrogen-bond donors (Lipinski definition) is 1. The average Bonchev–Trinajstić information content (AvgIpc) is 3.99. The first kappa shape index (κ1) is 41.0. The summed E-state index contributed by atoms with van der Waals surface area (Å²) < 4.78 is 10.8. The highest BCUT2D eigenvalue weighted by atomic mass is 28.3. The van der Waals surface area contributed by atoms with Crippen LogP contribution in [0.1, 0.15) is 52.7 Å². The van der Waals surface area contributed by atoms with Crippen LogP contribution in [-0.4, -0.2) is 37.1 Å². The first-order valence-corrected chi connectivity index (χ1v) is 25.6. The maximum atomic E-state index is 12.6. The summed E-state index contributed by atoms with van der Waals surface area (Å²) in [4.78, 5) is 15.1. The molecule has 0 fully saturated rings. The standard InChI is InChI=1S/C56H53N5O2Si/c1-55(2,3)39-30-44(53(62)45(31-39)56(4,5)6)54-59-51-41(21-16-22-48(51)61(54)47-24-23-40(64(7,8)9)32-42(47)36-19-14-11-15-20-36)43-27-38(29-49-52(43)60-34-57-33-50(60)63-49)46-28-37(25-26-58-46)35-17-12-10-13-18-35/h10-34,62H,1-9H3. The summed E-state index contributed by atoms with van der Waals surface area (Å²) >= 11 is 0. The topological polar surface area (TPSA) is 81.4 Å². The Morgan fingerprint density at radius 3 is 2.06 bits per heavy atom. The lowest BCUT2D eigenvalue weighted by molar-refractivity contribution is 0.446. The molecule has 10 aromatic rings. The van der Waals surface area contributed by atoms with E-state index in [9.17, 15) is 5.11 Å². The van der Waals surface area contributed by atoms with Crippen LogP contribution in [0, 0.1) is 0 Å². The summed E-state index contributed by atoms with van der Waals surface area (Å²) in [7, 11) is -1.73. The number of phenolic OH excluding ortho intramolecular Hbond substituents is 1. The van der Waals surface area contributed by atoms with Gasteiger partial charge in [-0.3, -0.25) is 14.0 Å². The van der Waals surface area contributed by atoms with Gasteiger partial charge in [-0.15, -0.1) is 0 Å². The third-order valence-electron chi connectivity index (χ3n) is 12.5. The van der Waals surface area contributed by atoms with Crippen molar-refractivity contribution in [2.24, 2.45) is 0 Å². The summed E-state index contributed by atoms with van der Waals surface area (Å²) in [6, 6.07) is 47.1. The molecule has 0 amide bonds. The van der Waals surface area contributed by atoms with Crippen molar-refractivity contribution >= 4 is 41.1 Å². The van der Waals surface area contributed by atoms with Gasteiger partial charge in [-0.25, -0.2) is 9.97 Å². The van der Waals surface area contributed by atoms with Gasteiger partial charge in [0.25, 0.3) is 0 Å². The molecule has 0 aliphatic rings. The fraction of sp³-hybridized carbons (Fsp3) is 0.196. The van der Waals surface area contributed by atoms with Crippen LogP contribution in [0.15, 0.2) is 157 Å². The van der Waals surface area contributed by atoms with Crippen molar-refractivity contribution in [2.75, 3.05) is 0 Å². The molecule has 0 saturated carbocycles. The first-order valence-electron chi connectivity index (χ1n) is 22.1. The Labute approximate surface area is 375 Å². The van der Waals surface area contributed by atoms with E-state index >= 15 is 0 Å². The predicted molar refractivity (Wildman–Crippen MR) is 267 cm³/mol. The Morgan fingerprint density at radius 2 is 1.36 bits per heavy atom. The van der Waals surface area contributed by atoms with Crippen molar-refractivity contribution in [2.45, 2.75) is 72.0 Å². The van der Waals surface area contributed by atoms with Crippen LogP contribution in [0.3, 0.4) is 0 Å². The Morgan fingerprint density at radius 1 is 0.625 bits per heavy atom. The number of phenols is 1. The number of benzene rings is 6. The third kappa shape index (κ3) is 7.12. The highest BCUT2D eigenvalue weighted by molar-refractivity contribution is 6.88. The summed E-state index contributed by atoms with van der Waals surface area (Å²) in [6.45, 7) is 20.3. The Hall–Kier alpha value is -7.03. The van der Waals surface area contributed by atoms with Crippen LogP contribution < -0.4 is 5.19 Å². The van der Waals surface area contributed by atoms with Gasteiger partial charge in [0.2, 0.25) is 5.71 Å². The summed E-state index contributed by atoms with van der Waals surface area (Å²) in [5, 5.41) is 13.9. The molecule has 0 aliphatic heterocycles. The van der Waals surface area contributed by atoms with E-state index in [2.05, 4.69) is 192 Å². The molecule has 4 aromatic heterocycles. The van der Waals surface area contributed by atoms with Gasteiger partial charge in [-0.05, 0) is 75.5 Å². The van der Waals surface area contributed by atoms with Crippen LogP contribution >= 0.6 is 0 Å². The zero-order valence-electron chi connectivity index (χ0n) is 38.0. The van der Waals surface area contributed by atoms with E-state index in [1.54, 1.807) is 12.5 Å². The van der Waals surface area contributed by atoms with Crippen molar-refractivity contribution in [3.63, 3.8) is 0 Å². The quantitative estimate of drug-likeness (QED) is 0.162. The van der Waals surface area contributed by atoms with Crippen LogP contribution in [0.5, 0.6) is 5.75 Å². The van der Waals surface area contributed by atoms with Crippen molar-refractivity contribution in [3.8, 4) is 67.5 Å². The zero-order valence-corrected chi connectivity index (χ0v) is 39.0. The van der Waals surface area contributed by atoms with E-state index in [-0.39, 0.29) is 16.6 Å². The lowest BCUT2D eigenvalue weighted by Crippen LogP contribution is -2.37. The normalized spacial score (nSPS) is 12.5. The maximum Gasteiger partial charge on any atom is 0.224 e. The van der Waals surface area contributed by atoms with Crippen LogP contribution in [0.25, 0.3) is 89.6 Å². The molecule has 4 heterocycles. The molecule has 0 saturated heterocycles. The molecule has 10 rings (SSSR count). The van der Waals surface area contributed by atoms with Crippen molar-refractivity contribution in [3.05, 3.63) is 163 Å². The lowest BCUT2D eigenvalue weighted by atomic mass is 9.79. The molecule has 318 valence electrons. The minimum absolute atomic E-state index is 0.200. The van der Waals surface area contributed by atoms with Crippen molar-refractivity contribution in [1.29, 1.82) is 0 Å². The summed E-state index contributed by atoms with van der Waals surface area (Å²) in [5.74, 6) is 0.904. The molecule has 8 heteroatoms. The lowest BCUT2D eigenvalue weighted by Gasteiger charge is -2.28. The number of para-hydroxylation sites is 1. The van der Waals surface area contributed by atoms with Crippen LogP contribution in [0.2, 0.25) is 19.6 Å². The van der Waals surface area contributed by atoms with Gasteiger partial charge in [0.15, 0.2) is 5.58 Å². The number of fused-ring (bicyclic) bond motifs is 4. The number of aromatic hydroxyl groups is 1. The van der Waals surface area contributed by atoms with Gasteiger partial charge in [0.05, 0.1) is 42.2 Å². The number of oxazole rings is 1. The zero-order chi connectivity index (χ0) is 44.7. The maximum absolute atomic E-state index is 12.6. The first-order chi connectivity index (χ1) is 30.5. The highest BCUT2D eigenvalue weighted by Gasteiger charge is 2.30. The molecule has 7 nitrogen and oxygen atoms in total. The van der Waals surface area contributed by atoms with E-state index < -0.39 is 8.07 Å². The number of nitrogens with zero attached hydrogens (tertiary/aromatic N) is 5. The Balaban J connectivity index is 1.32. The number of aromatic nitrogens is 5. The molecule has 0 aliphatic carbocycles. The Kier molecular flexibility index (Phi) is 9.65. The fourth-order valence-electron chi connectivity index (χ4n) is 8.92. The largest absolute Gasteiger partial charge is 0.507 e. The molecule has 0 spiro atoms. The third-order valence-corrected chi connectivity index (χ3v) is 14.5. The van der Waals surface area contributed by atoms with Gasteiger partial charge in [-0.2, -0.15) is 0 Å². The highest BCUT2D eigenvalue weighted by Crippen LogP contribution is 2.46. The van der Waals surface area contributed by atoms with Gasteiger partial charge in [-0.1, -0.05) is 157 Å². The number of pyridine rings is 1. The van der Waals surface area contributed by atoms with Crippen LogP contribution in [0.4, 0.5) is 0 Å². The smallest absolute Gasteiger partial charge is 0.224 e. The molecule has 1 N–H and O–H groups in total. The predicted octanol–water partition coefficient (Wildman–Crippen LogP) is 14.0. The summed E-state index contributed by atoms with van der Waals surface area (Å²) in [6.07, 6.45) is 5.42. The van der Waals surface area contributed by atoms with E-state index in [1.807, 2.05) is 22.7 Å². The van der Waals surface area contributed by atoms with E-state index in [0.29, 0.717) is 22.7 Å². The van der Waals surface area contributed by atoms with E-state index in [0.717, 1.165) is 78.0 Å². The second-order valence-electron chi connectivity index (χ2n) is 20.1. The fourth-order valence-corrected chi connectivity index (χ4v) is 10.1.